The second kappa shape index (κ2) is 5.80. The number of rotatable bonds is 3. The van der Waals surface area contributed by atoms with Crippen molar-refractivity contribution in [1.29, 1.82) is 0 Å². The molecule has 2 rings (SSSR count). The Kier molecular flexibility index (Phi) is 4.09. The van der Waals surface area contributed by atoms with Crippen molar-refractivity contribution < 1.29 is 14.8 Å². The van der Waals surface area contributed by atoms with Gasteiger partial charge < -0.3 is 10.4 Å². The van der Waals surface area contributed by atoms with Gasteiger partial charge in [-0.15, -0.1) is 0 Å². The number of hydrogen-bond donors (Lipinski definition) is 2. The summed E-state index contributed by atoms with van der Waals surface area (Å²) in [5, 5.41) is 23.3. The number of aromatic hydroxyl groups is 1. The predicted molar refractivity (Wildman–Crippen MR) is 78.9 cm³/mol. The van der Waals surface area contributed by atoms with E-state index in [4.69, 9.17) is 11.6 Å². The minimum atomic E-state index is -0.682. The zero-order chi connectivity index (χ0) is 15.6. The number of nitro groups is 1. The minimum Gasteiger partial charge on any atom is -0.505 e. The number of halogens is 1. The van der Waals surface area contributed by atoms with Crippen LogP contribution in [0.25, 0.3) is 0 Å². The summed E-state index contributed by atoms with van der Waals surface area (Å²) in [6.07, 6.45) is 0. The second-order valence-electron chi connectivity index (χ2n) is 4.40. The van der Waals surface area contributed by atoms with Gasteiger partial charge in [0.15, 0.2) is 5.69 Å². The van der Waals surface area contributed by atoms with Gasteiger partial charge in [0, 0.05) is 16.7 Å². The smallest absolute Gasteiger partial charge is 0.296 e. The molecule has 0 aliphatic carbocycles. The summed E-state index contributed by atoms with van der Waals surface area (Å²) in [4.78, 5) is 22.4. The summed E-state index contributed by atoms with van der Waals surface area (Å²) in [6, 6.07) is 8.49. The molecule has 0 saturated carbocycles. The molecule has 2 N–H and O–H groups in total. The van der Waals surface area contributed by atoms with E-state index in [1.165, 1.54) is 24.3 Å². The summed E-state index contributed by atoms with van der Waals surface area (Å²) < 4.78 is 0. The van der Waals surface area contributed by atoms with Crippen molar-refractivity contribution in [2.75, 3.05) is 5.32 Å². The molecule has 0 saturated heterocycles. The maximum Gasteiger partial charge on any atom is 0.296 e. The van der Waals surface area contributed by atoms with Crippen LogP contribution in [0.3, 0.4) is 0 Å². The number of para-hydroxylation sites is 1. The second-order valence-corrected chi connectivity index (χ2v) is 4.84. The Morgan fingerprint density at radius 2 is 2.05 bits per heavy atom. The number of phenols is 1. The molecule has 2 aromatic rings. The fourth-order valence-corrected chi connectivity index (χ4v) is 2.15. The molecule has 0 heterocycles. The monoisotopic (exact) mass is 306 g/mol. The van der Waals surface area contributed by atoms with Crippen molar-refractivity contribution in [3.63, 3.8) is 0 Å². The highest BCUT2D eigenvalue weighted by molar-refractivity contribution is 6.31. The van der Waals surface area contributed by atoms with Crippen LogP contribution < -0.4 is 5.32 Å². The van der Waals surface area contributed by atoms with Crippen LogP contribution in [0.1, 0.15) is 15.9 Å². The van der Waals surface area contributed by atoms with Gasteiger partial charge in [-0.3, -0.25) is 14.9 Å². The largest absolute Gasteiger partial charge is 0.505 e. The zero-order valence-electron chi connectivity index (χ0n) is 11.0. The highest BCUT2D eigenvalue weighted by atomic mass is 35.5. The van der Waals surface area contributed by atoms with Crippen molar-refractivity contribution in [3.05, 3.63) is 62.7 Å². The fourth-order valence-electron chi connectivity index (χ4n) is 1.86. The molecule has 0 aromatic heterocycles. The Morgan fingerprint density at radius 1 is 1.33 bits per heavy atom. The van der Waals surface area contributed by atoms with E-state index in [0.29, 0.717) is 5.02 Å². The highest BCUT2D eigenvalue weighted by Gasteiger charge is 2.20. The Morgan fingerprint density at radius 3 is 2.67 bits per heavy atom. The third-order valence-corrected chi connectivity index (χ3v) is 2.98. The summed E-state index contributed by atoms with van der Waals surface area (Å²) in [5.74, 6) is -0.971. The molecule has 21 heavy (non-hydrogen) atoms. The van der Waals surface area contributed by atoms with Crippen LogP contribution in [0.5, 0.6) is 5.75 Å². The highest BCUT2D eigenvalue weighted by Crippen LogP contribution is 2.33. The molecule has 0 unspecified atom stereocenters. The lowest BCUT2D eigenvalue weighted by molar-refractivity contribution is -0.384. The topological polar surface area (TPSA) is 92.5 Å². The van der Waals surface area contributed by atoms with Crippen molar-refractivity contribution in [3.8, 4) is 5.75 Å². The van der Waals surface area contributed by atoms with Gasteiger partial charge in [-0.05, 0) is 36.8 Å². The summed E-state index contributed by atoms with van der Waals surface area (Å²) >= 11 is 5.87. The van der Waals surface area contributed by atoms with Gasteiger partial charge >= 0.3 is 0 Å². The molecule has 0 fully saturated rings. The van der Waals surface area contributed by atoms with Crippen LogP contribution in [-0.2, 0) is 0 Å². The number of nitro benzene ring substituents is 1. The summed E-state index contributed by atoms with van der Waals surface area (Å²) in [6.45, 7) is 1.77. The lowest BCUT2D eigenvalue weighted by Crippen LogP contribution is -2.13. The first kappa shape index (κ1) is 14.8. The number of phenolic OH excluding ortho intramolecular Hbond substituents is 1. The Bertz CT molecular complexity index is 711. The van der Waals surface area contributed by atoms with Crippen LogP contribution in [-0.4, -0.2) is 15.9 Å². The van der Waals surface area contributed by atoms with E-state index in [-0.39, 0.29) is 22.7 Å². The van der Waals surface area contributed by atoms with Crippen LogP contribution in [0.2, 0.25) is 5.02 Å². The van der Waals surface area contributed by atoms with Crippen molar-refractivity contribution in [2.24, 2.45) is 0 Å². The molecule has 0 bridgehead atoms. The number of amides is 1. The molecule has 6 nitrogen and oxygen atoms in total. The molecular formula is C14H11ClN2O4. The maximum atomic E-state index is 12.1. The average Bonchev–Trinajstić information content (AvgIpc) is 2.39. The molecule has 0 aliphatic rings. The first-order chi connectivity index (χ1) is 9.88. The molecule has 0 atom stereocenters. The van der Waals surface area contributed by atoms with Crippen LogP contribution in [0.4, 0.5) is 11.4 Å². The van der Waals surface area contributed by atoms with E-state index in [1.54, 1.807) is 19.1 Å². The third-order valence-electron chi connectivity index (χ3n) is 2.76. The van der Waals surface area contributed by atoms with E-state index >= 15 is 0 Å². The predicted octanol–water partition coefficient (Wildman–Crippen LogP) is 3.51. The summed E-state index contributed by atoms with van der Waals surface area (Å²) in [5.41, 5.74) is 0.393. The van der Waals surface area contributed by atoms with Gasteiger partial charge in [0.25, 0.3) is 11.6 Å². The van der Waals surface area contributed by atoms with Gasteiger partial charge in [0.1, 0.15) is 5.75 Å². The minimum absolute atomic E-state index is 0.245. The fraction of sp³-hybridized carbons (Fsp3) is 0.0714. The van der Waals surface area contributed by atoms with E-state index < -0.39 is 10.8 Å². The van der Waals surface area contributed by atoms with Crippen molar-refractivity contribution in [1.82, 2.24) is 0 Å². The first-order valence-electron chi connectivity index (χ1n) is 5.93. The molecule has 108 valence electrons. The van der Waals surface area contributed by atoms with Gasteiger partial charge in [-0.1, -0.05) is 17.7 Å². The Hall–Kier alpha value is -2.60. The molecule has 0 spiro atoms. The average molecular weight is 307 g/mol. The summed E-state index contributed by atoms with van der Waals surface area (Å²) in [7, 11) is 0. The van der Waals surface area contributed by atoms with E-state index in [0.717, 1.165) is 5.56 Å². The number of hydrogen-bond acceptors (Lipinski definition) is 4. The molecular weight excluding hydrogens is 296 g/mol. The zero-order valence-corrected chi connectivity index (χ0v) is 11.7. The number of anilines is 1. The van der Waals surface area contributed by atoms with Crippen molar-refractivity contribution >= 4 is 28.9 Å². The third kappa shape index (κ3) is 3.29. The normalized spacial score (nSPS) is 10.2. The number of carbonyl (C=O) groups excluding carboxylic acids is 1. The lowest BCUT2D eigenvalue weighted by atomic mass is 10.1. The number of nitrogens with one attached hydrogen (secondary N) is 1. The quantitative estimate of drug-likeness (QED) is 0.515. The standard InChI is InChI=1S/C14H11ClN2O4/c1-8-5-9(7-10(15)6-8)14(19)16-13-11(17(20)21)3-2-4-12(13)18/h2-7,18H,1H3,(H,16,19). The van der Waals surface area contributed by atoms with Gasteiger partial charge in [0.2, 0.25) is 0 Å². The Labute approximate surface area is 125 Å². The SMILES string of the molecule is Cc1cc(Cl)cc(C(=O)Nc2c(O)cccc2[N+](=O)[O-])c1. The van der Waals surface area contributed by atoms with Crippen LogP contribution in [0, 0.1) is 17.0 Å². The number of aryl methyl sites for hydroxylation is 1. The molecule has 0 aliphatic heterocycles. The molecule has 0 radical (unpaired) electrons. The van der Waals surface area contributed by atoms with E-state index in [9.17, 15) is 20.0 Å². The van der Waals surface area contributed by atoms with Crippen LogP contribution >= 0.6 is 11.6 Å². The molecule has 2 aromatic carbocycles. The van der Waals surface area contributed by atoms with Gasteiger partial charge in [0.05, 0.1) is 4.92 Å². The van der Waals surface area contributed by atoms with E-state index in [2.05, 4.69) is 5.32 Å². The van der Waals surface area contributed by atoms with Crippen LogP contribution in [0.15, 0.2) is 36.4 Å². The van der Waals surface area contributed by atoms with Gasteiger partial charge in [-0.25, -0.2) is 0 Å². The van der Waals surface area contributed by atoms with Crippen molar-refractivity contribution in [2.45, 2.75) is 6.92 Å². The first-order valence-corrected chi connectivity index (χ1v) is 6.31. The lowest BCUT2D eigenvalue weighted by Gasteiger charge is -2.08. The van der Waals surface area contributed by atoms with E-state index in [1.807, 2.05) is 0 Å². The Balaban J connectivity index is 2.38. The number of nitrogens with zero attached hydrogens (tertiary/aromatic N) is 1. The number of benzene rings is 2. The molecule has 1 amide bonds. The number of carbonyl (C=O) groups is 1. The maximum absolute atomic E-state index is 12.1. The molecule has 7 heteroatoms. The van der Waals surface area contributed by atoms with Gasteiger partial charge in [-0.2, -0.15) is 0 Å².